The summed E-state index contributed by atoms with van der Waals surface area (Å²) in [5, 5.41) is 15.7. The van der Waals surface area contributed by atoms with Crippen molar-refractivity contribution in [1.82, 2.24) is 15.0 Å². The van der Waals surface area contributed by atoms with Crippen molar-refractivity contribution in [3.63, 3.8) is 0 Å². The van der Waals surface area contributed by atoms with Crippen LogP contribution < -0.4 is 5.32 Å². The van der Waals surface area contributed by atoms with Crippen LogP contribution >= 0.6 is 0 Å². The second kappa shape index (κ2) is 7.13. The van der Waals surface area contributed by atoms with Gasteiger partial charge >= 0.3 is 6.03 Å². The summed E-state index contributed by atoms with van der Waals surface area (Å²) in [6.07, 6.45) is 3.88. The number of nitriles is 1. The standard InChI is InChI=1S/C17H19N5O2/c1-12-19-16(21-24-12)15-5-3-2-4-10-22(15)17(23)20-14-8-6-13(11-18)7-9-14/h6-9,15H,2-5,10H2,1H3,(H,20,23). The van der Waals surface area contributed by atoms with Crippen molar-refractivity contribution in [3.05, 3.63) is 41.5 Å². The highest BCUT2D eigenvalue weighted by Gasteiger charge is 2.30. The molecule has 0 spiro atoms. The zero-order valence-electron chi connectivity index (χ0n) is 13.5. The van der Waals surface area contributed by atoms with Gasteiger partial charge in [-0.05, 0) is 37.1 Å². The molecular weight excluding hydrogens is 306 g/mol. The first-order valence-electron chi connectivity index (χ1n) is 8.05. The topological polar surface area (TPSA) is 95.1 Å². The quantitative estimate of drug-likeness (QED) is 0.913. The molecule has 1 aliphatic heterocycles. The maximum absolute atomic E-state index is 12.7. The van der Waals surface area contributed by atoms with E-state index in [0.717, 1.165) is 25.7 Å². The van der Waals surface area contributed by atoms with Crippen molar-refractivity contribution in [1.29, 1.82) is 5.26 Å². The van der Waals surface area contributed by atoms with Crippen LogP contribution in [-0.4, -0.2) is 27.6 Å². The van der Waals surface area contributed by atoms with Crippen LogP contribution in [0.3, 0.4) is 0 Å². The van der Waals surface area contributed by atoms with Crippen LogP contribution in [0.15, 0.2) is 28.8 Å². The highest BCUT2D eigenvalue weighted by molar-refractivity contribution is 5.89. The maximum atomic E-state index is 12.7. The van der Waals surface area contributed by atoms with Gasteiger partial charge in [-0.1, -0.05) is 18.0 Å². The van der Waals surface area contributed by atoms with Crippen molar-refractivity contribution in [2.75, 3.05) is 11.9 Å². The van der Waals surface area contributed by atoms with E-state index in [-0.39, 0.29) is 12.1 Å². The first-order chi connectivity index (χ1) is 11.7. The number of amides is 2. The number of carbonyl (C=O) groups is 1. The van der Waals surface area contributed by atoms with Gasteiger partial charge < -0.3 is 14.7 Å². The SMILES string of the molecule is Cc1nc(C2CCCCCN2C(=O)Nc2ccc(C#N)cc2)no1. The molecule has 1 unspecified atom stereocenters. The first-order valence-corrected chi connectivity index (χ1v) is 8.05. The van der Waals surface area contributed by atoms with Gasteiger partial charge in [0.05, 0.1) is 17.7 Å². The lowest BCUT2D eigenvalue weighted by molar-refractivity contribution is 0.184. The molecule has 2 aromatic rings. The second-order valence-corrected chi connectivity index (χ2v) is 5.85. The number of urea groups is 1. The van der Waals surface area contributed by atoms with Gasteiger partial charge in [0.1, 0.15) is 0 Å². The summed E-state index contributed by atoms with van der Waals surface area (Å²) >= 11 is 0. The number of likely N-dealkylation sites (tertiary alicyclic amines) is 1. The van der Waals surface area contributed by atoms with Gasteiger partial charge in [-0.15, -0.1) is 0 Å². The molecule has 1 fully saturated rings. The Kier molecular flexibility index (Phi) is 4.75. The fourth-order valence-corrected chi connectivity index (χ4v) is 2.89. The van der Waals surface area contributed by atoms with Crippen LogP contribution in [-0.2, 0) is 0 Å². The Morgan fingerprint density at radius 1 is 1.33 bits per heavy atom. The Bertz CT molecular complexity index is 747. The summed E-state index contributed by atoms with van der Waals surface area (Å²) < 4.78 is 5.08. The Hall–Kier alpha value is -2.88. The van der Waals surface area contributed by atoms with Crippen LogP contribution in [0.4, 0.5) is 10.5 Å². The number of aryl methyl sites for hydroxylation is 1. The number of nitrogens with one attached hydrogen (secondary N) is 1. The van der Waals surface area contributed by atoms with Gasteiger partial charge in [-0.3, -0.25) is 0 Å². The summed E-state index contributed by atoms with van der Waals surface area (Å²) in [6.45, 7) is 2.40. The van der Waals surface area contributed by atoms with E-state index in [1.165, 1.54) is 0 Å². The third kappa shape index (κ3) is 3.54. The van der Waals surface area contributed by atoms with E-state index in [0.29, 0.717) is 29.5 Å². The third-order valence-corrected chi connectivity index (χ3v) is 4.12. The van der Waals surface area contributed by atoms with Gasteiger partial charge in [0.2, 0.25) is 5.89 Å². The van der Waals surface area contributed by atoms with Gasteiger partial charge in [0, 0.05) is 19.2 Å². The van der Waals surface area contributed by atoms with Crippen molar-refractivity contribution in [2.45, 2.75) is 38.6 Å². The fraction of sp³-hybridized carbons (Fsp3) is 0.412. The van der Waals surface area contributed by atoms with E-state index >= 15 is 0 Å². The Morgan fingerprint density at radius 3 is 2.79 bits per heavy atom. The average Bonchev–Trinajstić information content (AvgIpc) is 2.87. The Balaban J connectivity index is 1.77. The van der Waals surface area contributed by atoms with E-state index in [9.17, 15) is 4.79 Å². The number of carbonyl (C=O) groups excluding carboxylic acids is 1. The van der Waals surface area contributed by atoms with Crippen LogP contribution in [0.5, 0.6) is 0 Å². The lowest BCUT2D eigenvalue weighted by Gasteiger charge is -2.28. The predicted molar refractivity (Wildman–Crippen MR) is 87.1 cm³/mol. The molecular formula is C17H19N5O2. The second-order valence-electron chi connectivity index (χ2n) is 5.85. The zero-order valence-corrected chi connectivity index (χ0v) is 13.5. The normalized spacial score (nSPS) is 17.8. The van der Waals surface area contributed by atoms with E-state index in [2.05, 4.69) is 21.5 Å². The van der Waals surface area contributed by atoms with Crippen LogP contribution in [0.2, 0.25) is 0 Å². The summed E-state index contributed by atoms with van der Waals surface area (Å²) in [5.41, 5.74) is 1.22. The van der Waals surface area contributed by atoms with Gasteiger partial charge in [-0.25, -0.2) is 4.79 Å². The molecule has 124 valence electrons. The minimum atomic E-state index is -0.186. The monoisotopic (exact) mass is 325 g/mol. The molecule has 1 N–H and O–H groups in total. The smallest absolute Gasteiger partial charge is 0.322 e. The molecule has 1 saturated heterocycles. The zero-order chi connectivity index (χ0) is 16.9. The fourth-order valence-electron chi connectivity index (χ4n) is 2.89. The molecule has 24 heavy (non-hydrogen) atoms. The molecule has 2 amide bonds. The van der Waals surface area contributed by atoms with E-state index < -0.39 is 0 Å². The van der Waals surface area contributed by atoms with Crippen molar-refractivity contribution >= 4 is 11.7 Å². The van der Waals surface area contributed by atoms with Crippen LogP contribution in [0.25, 0.3) is 0 Å². The number of rotatable bonds is 2. The molecule has 2 heterocycles. The number of hydrogen-bond donors (Lipinski definition) is 1. The maximum Gasteiger partial charge on any atom is 0.322 e. The van der Waals surface area contributed by atoms with E-state index in [4.69, 9.17) is 9.78 Å². The summed E-state index contributed by atoms with van der Waals surface area (Å²) in [7, 11) is 0. The average molecular weight is 325 g/mol. The number of nitrogens with zero attached hydrogens (tertiary/aromatic N) is 4. The summed E-state index contributed by atoms with van der Waals surface area (Å²) in [6, 6.07) is 8.50. The molecule has 0 aliphatic carbocycles. The molecule has 0 saturated carbocycles. The highest BCUT2D eigenvalue weighted by Crippen LogP contribution is 2.29. The number of anilines is 1. The number of benzene rings is 1. The molecule has 1 aliphatic rings. The predicted octanol–water partition coefficient (Wildman–Crippen LogP) is 3.40. The van der Waals surface area contributed by atoms with Crippen LogP contribution in [0, 0.1) is 18.3 Å². The molecule has 3 rings (SSSR count). The Morgan fingerprint density at radius 2 is 2.12 bits per heavy atom. The number of aromatic nitrogens is 2. The largest absolute Gasteiger partial charge is 0.340 e. The van der Waals surface area contributed by atoms with Gasteiger partial charge in [0.25, 0.3) is 0 Å². The molecule has 7 nitrogen and oxygen atoms in total. The van der Waals surface area contributed by atoms with E-state index in [1.54, 1.807) is 36.1 Å². The lowest BCUT2D eigenvalue weighted by atomic mass is 10.1. The summed E-state index contributed by atoms with van der Waals surface area (Å²) in [5.74, 6) is 1.06. The molecule has 0 radical (unpaired) electrons. The van der Waals surface area contributed by atoms with Gasteiger partial charge in [-0.2, -0.15) is 10.2 Å². The Labute approximate surface area is 140 Å². The van der Waals surface area contributed by atoms with Crippen molar-refractivity contribution in [3.8, 4) is 6.07 Å². The van der Waals surface area contributed by atoms with E-state index in [1.807, 2.05) is 0 Å². The molecule has 1 atom stereocenters. The van der Waals surface area contributed by atoms with Crippen LogP contribution in [0.1, 0.15) is 49.0 Å². The minimum Gasteiger partial charge on any atom is -0.340 e. The summed E-state index contributed by atoms with van der Waals surface area (Å²) in [4.78, 5) is 18.8. The molecule has 0 bridgehead atoms. The molecule has 1 aromatic heterocycles. The lowest BCUT2D eigenvalue weighted by Crippen LogP contribution is -2.38. The third-order valence-electron chi connectivity index (χ3n) is 4.12. The van der Waals surface area contributed by atoms with Crippen molar-refractivity contribution in [2.24, 2.45) is 0 Å². The number of hydrogen-bond acceptors (Lipinski definition) is 5. The first kappa shape index (κ1) is 16.0. The molecule has 7 heteroatoms. The molecule has 1 aromatic carbocycles. The van der Waals surface area contributed by atoms with Crippen molar-refractivity contribution < 1.29 is 9.32 Å². The van der Waals surface area contributed by atoms with Gasteiger partial charge in [0.15, 0.2) is 5.82 Å². The minimum absolute atomic E-state index is 0.177. The highest BCUT2D eigenvalue weighted by atomic mass is 16.5.